The average molecular weight is 207 g/mol. The van der Waals surface area contributed by atoms with Crippen LogP contribution in [0.2, 0.25) is 0 Å². The normalized spacial score (nSPS) is 16.9. The Balaban J connectivity index is 2.10. The van der Waals surface area contributed by atoms with E-state index >= 15 is 0 Å². The SMILES string of the molecule is Cn1cc(C(=O)N2CCCC(=O)C2)cn1. The maximum absolute atomic E-state index is 11.9. The Morgan fingerprint density at radius 2 is 2.33 bits per heavy atom. The molecule has 1 aliphatic rings. The van der Waals surface area contributed by atoms with E-state index in [-0.39, 0.29) is 18.2 Å². The Bertz CT molecular complexity index is 397. The molecule has 1 aliphatic heterocycles. The van der Waals surface area contributed by atoms with Gasteiger partial charge in [-0.3, -0.25) is 14.3 Å². The van der Waals surface area contributed by atoms with E-state index in [9.17, 15) is 9.59 Å². The maximum atomic E-state index is 11.9. The summed E-state index contributed by atoms with van der Waals surface area (Å²) in [6.07, 6.45) is 4.56. The van der Waals surface area contributed by atoms with Crippen molar-refractivity contribution in [2.75, 3.05) is 13.1 Å². The van der Waals surface area contributed by atoms with Crippen molar-refractivity contribution >= 4 is 11.7 Å². The molecule has 2 heterocycles. The van der Waals surface area contributed by atoms with Gasteiger partial charge in [-0.2, -0.15) is 5.10 Å². The first-order valence-corrected chi connectivity index (χ1v) is 4.96. The van der Waals surface area contributed by atoms with Crippen LogP contribution in [0, 0.1) is 0 Å². The van der Waals surface area contributed by atoms with Gasteiger partial charge in [-0.25, -0.2) is 0 Å². The monoisotopic (exact) mass is 207 g/mol. The summed E-state index contributed by atoms with van der Waals surface area (Å²) in [4.78, 5) is 24.7. The lowest BCUT2D eigenvalue weighted by atomic mass is 10.1. The smallest absolute Gasteiger partial charge is 0.257 e. The van der Waals surface area contributed by atoms with Crippen molar-refractivity contribution < 1.29 is 9.59 Å². The fraction of sp³-hybridized carbons (Fsp3) is 0.500. The highest BCUT2D eigenvalue weighted by atomic mass is 16.2. The number of ketones is 1. The summed E-state index contributed by atoms with van der Waals surface area (Å²) in [5.41, 5.74) is 0.548. The van der Waals surface area contributed by atoms with Gasteiger partial charge in [0, 0.05) is 26.2 Å². The number of Topliss-reactive ketones (excluding diaryl/α,β-unsaturated/α-hetero) is 1. The Kier molecular flexibility index (Phi) is 2.53. The van der Waals surface area contributed by atoms with Crippen LogP contribution in [-0.2, 0) is 11.8 Å². The van der Waals surface area contributed by atoms with Gasteiger partial charge in [0.15, 0.2) is 5.78 Å². The van der Waals surface area contributed by atoms with Crippen LogP contribution in [0.4, 0.5) is 0 Å². The van der Waals surface area contributed by atoms with Crippen molar-refractivity contribution in [3.8, 4) is 0 Å². The van der Waals surface area contributed by atoms with Crippen molar-refractivity contribution in [3.05, 3.63) is 18.0 Å². The highest BCUT2D eigenvalue weighted by Gasteiger charge is 2.23. The Morgan fingerprint density at radius 1 is 1.53 bits per heavy atom. The van der Waals surface area contributed by atoms with Gasteiger partial charge in [0.05, 0.1) is 18.3 Å². The fourth-order valence-corrected chi connectivity index (χ4v) is 1.73. The van der Waals surface area contributed by atoms with Gasteiger partial charge in [-0.05, 0) is 6.42 Å². The summed E-state index contributed by atoms with van der Waals surface area (Å²) in [7, 11) is 1.76. The van der Waals surface area contributed by atoms with E-state index in [4.69, 9.17) is 0 Å². The molecule has 0 aliphatic carbocycles. The van der Waals surface area contributed by atoms with Crippen molar-refractivity contribution in [2.24, 2.45) is 7.05 Å². The molecule has 1 aromatic rings. The lowest BCUT2D eigenvalue weighted by Crippen LogP contribution is -2.39. The minimum atomic E-state index is -0.101. The van der Waals surface area contributed by atoms with Gasteiger partial charge in [0.25, 0.3) is 5.91 Å². The quantitative estimate of drug-likeness (QED) is 0.662. The van der Waals surface area contributed by atoms with Gasteiger partial charge in [0.1, 0.15) is 0 Å². The molecule has 0 aromatic carbocycles. The number of hydrogen-bond donors (Lipinski definition) is 0. The van der Waals surface area contributed by atoms with Gasteiger partial charge < -0.3 is 4.90 Å². The molecular weight excluding hydrogens is 194 g/mol. The number of carbonyl (C=O) groups is 2. The number of carbonyl (C=O) groups excluding carboxylic acids is 2. The highest BCUT2D eigenvalue weighted by Crippen LogP contribution is 2.10. The molecule has 0 spiro atoms. The van der Waals surface area contributed by atoms with E-state index < -0.39 is 0 Å². The molecule has 0 unspecified atom stereocenters. The number of hydrogen-bond acceptors (Lipinski definition) is 3. The van der Waals surface area contributed by atoms with E-state index in [1.807, 2.05) is 0 Å². The second-order valence-corrected chi connectivity index (χ2v) is 3.77. The number of piperidine rings is 1. The van der Waals surface area contributed by atoms with Crippen LogP contribution in [-0.4, -0.2) is 39.5 Å². The molecule has 0 atom stereocenters. The van der Waals surface area contributed by atoms with Crippen molar-refractivity contribution in [3.63, 3.8) is 0 Å². The molecular formula is C10H13N3O2. The van der Waals surface area contributed by atoms with Crippen LogP contribution in [0.15, 0.2) is 12.4 Å². The molecule has 5 heteroatoms. The largest absolute Gasteiger partial charge is 0.331 e. The zero-order valence-electron chi connectivity index (χ0n) is 8.64. The Labute approximate surface area is 87.7 Å². The number of likely N-dealkylation sites (tertiary alicyclic amines) is 1. The van der Waals surface area contributed by atoms with E-state index in [2.05, 4.69) is 5.10 Å². The molecule has 0 N–H and O–H groups in total. The molecule has 1 amide bonds. The first-order valence-electron chi connectivity index (χ1n) is 4.96. The summed E-state index contributed by atoms with van der Waals surface area (Å²) in [6.45, 7) is 0.910. The average Bonchev–Trinajstić information content (AvgIpc) is 2.64. The summed E-state index contributed by atoms with van der Waals surface area (Å²) >= 11 is 0. The zero-order chi connectivity index (χ0) is 10.8. The minimum absolute atomic E-state index is 0.101. The molecule has 0 saturated carbocycles. The third kappa shape index (κ3) is 2.06. The van der Waals surface area contributed by atoms with Gasteiger partial charge in [0.2, 0.25) is 0 Å². The Morgan fingerprint density at radius 3 is 2.93 bits per heavy atom. The summed E-state index contributed by atoms with van der Waals surface area (Å²) in [5, 5.41) is 3.94. The molecule has 1 fully saturated rings. The number of nitrogens with zero attached hydrogens (tertiary/aromatic N) is 3. The van der Waals surface area contributed by atoms with E-state index in [0.717, 1.165) is 6.42 Å². The lowest BCUT2D eigenvalue weighted by molar-refractivity contribution is -0.121. The third-order valence-electron chi connectivity index (χ3n) is 2.49. The predicted octanol–water partition coefficient (Wildman–Crippen LogP) is 0.225. The first kappa shape index (κ1) is 9.89. The van der Waals surface area contributed by atoms with Crippen LogP contribution >= 0.6 is 0 Å². The maximum Gasteiger partial charge on any atom is 0.257 e. The van der Waals surface area contributed by atoms with E-state index in [1.165, 1.54) is 6.20 Å². The molecule has 0 bridgehead atoms. The van der Waals surface area contributed by atoms with Crippen LogP contribution in [0.5, 0.6) is 0 Å². The molecule has 5 nitrogen and oxygen atoms in total. The molecule has 15 heavy (non-hydrogen) atoms. The standard InChI is InChI=1S/C10H13N3O2/c1-12-6-8(5-11-12)10(15)13-4-2-3-9(14)7-13/h5-6H,2-4,7H2,1H3. The fourth-order valence-electron chi connectivity index (χ4n) is 1.73. The number of aryl methyl sites for hydroxylation is 1. The molecule has 80 valence electrons. The second-order valence-electron chi connectivity index (χ2n) is 3.77. The Hall–Kier alpha value is -1.65. The highest BCUT2D eigenvalue weighted by molar-refractivity contribution is 5.96. The number of aromatic nitrogens is 2. The number of amides is 1. The van der Waals surface area contributed by atoms with Crippen LogP contribution < -0.4 is 0 Å². The number of rotatable bonds is 1. The molecule has 0 radical (unpaired) electrons. The summed E-state index contributed by atoms with van der Waals surface area (Å²) in [6, 6.07) is 0. The zero-order valence-corrected chi connectivity index (χ0v) is 8.64. The second kappa shape index (κ2) is 3.84. The lowest BCUT2D eigenvalue weighted by Gasteiger charge is -2.25. The summed E-state index contributed by atoms with van der Waals surface area (Å²) in [5.74, 6) is 0.0367. The van der Waals surface area contributed by atoms with Gasteiger partial charge >= 0.3 is 0 Å². The molecule has 1 aromatic heterocycles. The van der Waals surface area contributed by atoms with Crippen molar-refractivity contribution in [1.29, 1.82) is 0 Å². The van der Waals surface area contributed by atoms with Crippen LogP contribution in [0.25, 0.3) is 0 Å². The van der Waals surface area contributed by atoms with Crippen molar-refractivity contribution in [1.82, 2.24) is 14.7 Å². The molecule has 1 saturated heterocycles. The van der Waals surface area contributed by atoms with E-state index in [1.54, 1.807) is 22.8 Å². The molecule has 2 rings (SSSR count). The van der Waals surface area contributed by atoms with Crippen LogP contribution in [0.1, 0.15) is 23.2 Å². The summed E-state index contributed by atoms with van der Waals surface area (Å²) < 4.78 is 1.58. The first-order chi connectivity index (χ1) is 7.16. The van der Waals surface area contributed by atoms with Crippen LogP contribution in [0.3, 0.4) is 0 Å². The third-order valence-corrected chi connectivity index (χ3v) is 2.49. The van der Waals surface area contributed by atoms with E-state index in [0.29, 0.717) is 18.5 Å². The topological polar surface area (TPSA) is 55.2 Å². The predicted molar refractivity (Wildman–Crippen MR) is 53.4 cm³/mol. The van der Waals surface area contributed by atoms with Gasteiger partial charge in [-0.15, -0.1) is 0 Å². The van der Waals surface area contributed by atoms with Crippen molar-refractivity contribution in [2.45, 2.75) is 12.8 Å². The van der Waals surface area contributed by atoms with Gasteiger partial charge in [-0.1, -0.05) is 0 Å². The minimum Gasteiger partial charge on any atom is -0.331 e.